The van der Waals surface area contributed by atoms with Crippen LogP contribution >= 0.6 is 0 Å². The third kappa shape index (κ3) is 5.21. The number of benzene rings is 9. The Morgan fingerprint density at radius 2 is 0.951 bits per heavy atom. The van der Waals surface area contributed by atoms with Gasteiger partial charge in [0.1, 0.15) is 22.3 Å². The Hall–Kier alpha value is -8.28. The van der Waals surface area contributed by atoms with Crippen molar-refractivity contribution in [3.63, 3.8) is 0 Å². The molecule has 4 aromatic heterocycles. The van der Waals surface area contributed by atoms with Gasteiger partial charge in [0.25, 0.3) is 0 Å². The summed E-state index contributed by atoms with van der Waals surface area (Å²) in [6.45, 7) is 0. The van der Waals surface area contributed by atoms with Gasteiger partial charge in [0.15, 0.2) is 5.82 Å². The number of nitrogens with zero attached hydrogens (tertiary/aromatic N) is 3. The van der Waals surface area contributed by atoms with Gasteiger partial charge in [-0.1, -0.05) is 127 Å². The third-order valence-corrected chi connectivity index (χ3v) is 12.2. The van der Waals surface area contributed by atoms with Crippen molar-refractivity contribution in [2.45, 2.75) is 0 Å². The molecule has 0 N–H and O–H groups in total. The SMILES string of the molecule is c1ccc(-c2nc(-c3cccc4oc5ccccc5c34)c3ccc(-c4cccc5oc6ccc(-c7ccc8c(c7)c7ccccc7n8-c7ccccc7)cc6c45)cc3n2)cc1. The molecule has 0 aliphatic heterocycles. The minimum atomic E-state index is 0.672. The Balaban J connectivity index is 0.990. The summed E-state index contributed by atoms with van der Waals surface area (Å²) in [5.74, 6) is 0.672. The lowest BCUT2D eigenvalue weighted by Gasteiger charge is -2.12. The van der Waals surface area contributed by atoms with E-state index in [9.17, 15) is 0 Å². The van der Waals surface area contributed by atoms with Gasteiger partial charge < -0.3 is 13.4 Å². The first-order chi connectivity index (χ1) is 30.2. The number of para-hydroxylation sites is 3. The predicted octanol–water partition coefficient (Wildman–Crippen LogP) is 15.2. The summed E-state index contributed by atoms with van der Waals surface area (Å²) in [4.78, 5) is 10.5. The molecule has 0 aliphatic carbocycles. The fourth-order valence-corrected chi connectivity index (χ4v) is 9.45. The molecule has 0 unspecified atom stereocenters. The van der Waals surface area contributed by atoms with Crippen molar-refractivity contribution in [2.75, 3.05) is 0 Å². The number of hydrogen-bond acceptors (Lipinski definition) is 4. The molecule has 61 heavy (non-hydrogen) atoms. The monoisotopic (exact) mass is 779 g/mol. The van der Waals surface area contributed by atoms with Crippen LogP contribution in [0, 0.1) is 0 Å². The highest BCUT2D eigenvalue weighted by Crippen LogP contribution is 2.43. The van der Waals surface area contributed by atoms with Gasteiger partial charge in [0.05, 0.1) is 22.2 Å². The topological polar surface area (TPSA) is 57.0 Å². The molecule has 284 valence electrons. The van der Waals surface area contributed by atoms with E-state index in [4.69, 9.17) is 18.8 Å². The Kier molecular flexibility index (Phi) is 7.24. The molecule has 0 atom stereocenters. The normalized spacial score (nSPS) is 11.9. The van der Waals surface area contributed by atoms with E-state index in [2.05, 4.69) is 162 Å². The zero-order chi connectivity index (χ0) is 40.0. The van der Waals surface area contributed by atoms with Crippen LogP contribution in [0.3, 0.4) is 0 Å². The average molecular weight is 780 g/mol. The molecule has 0 saturated carbocycles. The van der Waals surface area contributed by atoms with E-state index < -0.39 is 0 Å². The van der Waals surface area contributed by atoms with Crippen LogP contribution in [0.5, 0.6) is 0 Å². The van der Waals surface area contributed by atoms with Crippen molar-refractivity contribution in [2.24, 2.45) is 0 Å². The maximum absolute atomic E-state index is 6.56. The second-order valence-corrected chi connectivity index (χ2v) is 15.7. The molecule has 5 nitrogen and oxygen atoms in total. The molecule has 0 radical (unpaired) electrons. The maximum Gasteiger partial charge on any atom is 0.160 e. The smallest absolute Gasteiger partial charge is 0.160 e. The van der Waals surface area contributed by atoms with Gasteiger partial charge in [0.2, 0.25) is 0 Å². The third-order valence-electron chi connectivity index (χ3n) is 12.2. The minimum absolute atomic E-state index is 0.672. The van der Waals surface area contributed by atoms with Gasteiger partial charge in [-0.15, -0.1) is 0 Å². The minimum Gasteiger partial charge on any atom is -0.456 e. The molecule has 13 rings (SSSR count). The van der Waals surface area contributed by atoms with Crippen LogP contribution in [0.2, 0.25) is 0 Å². The van der Waals surface area contributed by atoms with Gasteiger partial charge >= 0.3 is 0 Å². The van der Waals surface area contributed by atoms with Crippen LogP contribution in [-0.4, -0.2) is 14.5 Å². The number of hydrogen-bond donors (Lipinski definition) is 0. The van der Waals surface area contributed by atoms with Crippen molar-refractivity contribution < 1.29 is 8.83 Å². The highest BCUT2D eigenvalue weighted by molar-refractivity contribution is 6.17. The molecule has 0 aliphatic rings. The van der Waals surface area contributed by atoms with Crippen LogP contribution in [0.1, 0.15) is 0 Å². The maximum atomic E-state index is 6.56. The molecule has 0 fully saturated rings. The zero-order valence-corrected chi connectivity index (χ0v) is 32.7. The zero-order valence-electron chi connectivity index (χ0n) is 32.7. The Bertz CT molecular complexity index is 3880. The van der Waals surface area contributed by atoms with E-state index in [0.29, 0.717) is 5.82 Å². The molecular weight excluding hydrogens is 747 g/mol. The van der Waals surface area contributed by atoms with Crippen molar-refractivity contribution in [3.05, 3.63) is 200 Å². The Labute approximate surface area is 349 Å². The van der Waals surface area contributed by atoms with Crippen LogP contribution in [0.25, 0.3) is 127 Å². The number of fused-ring (bicyclic) bond motifs is 10. The fraction of sp³-hybridized carbons (Fsp3) is 0. The first-order valence-electron chi connectivity index (χ1n) is 20.6. The number of rotatable bonds is 5. The van der Waals surface area contributed by atoms with E-state index >= 15 is 0 Å². The van der Waals surface area contributed by atoms with Crippen molar-refractivity contribution in [1.29, 1.82) is 0 Å². The Morgan fingerprint density at radius 3 is 1.77 bits per heavy atom. The number of aromatic nitrogens is 3. The number of furan rings is 2. The molecule has 4 heterocycles. The molecule has 0 saturated heterocycles. The van der Waals surface area contributed by atoms with Crippen LogP contribution in [0.4, 0.5) is 0 Å². The molecule has 5 heteroatoms. The van der Waals surface area contributed by atoms with Gasteiger partial charge in [-0.05, 0) is 95.1 Å². The molecule has 0 amide bonds. The fourth-order valence-electron chi connectivity index (χ4n) is 9.45. The summed E-state index contributed by atoms with van der Waals surface area (Å²) in [5, 5.41) is 7.68. The van der Waals surface area contributed by atoms with E-state index in [1.165, 1.54) is 21.8 Å². The summed E-state index contributed by atoms with van der Waals surface area (Å²) in [5.41, 5.74) is 15.0. The van der Waals surface area contributed by atoms with Crippen LogP contribution < -0.4 is 0 Å². The van der Waals surface area contributed by atoms with Gasteiger partial charge in [-0.25, -0.2) is 9.97 Å². The van der Waals surface area contributed by atoms with Gasteiger partial charge in [0, 0.05) is 54.5 Å². The summed E-state index contributed by atoms with van der Waals surface area (Å²) >= 11 is 0. The lowest BCUT2D eigenvalue weighted by molar-refractivity contribution is 0.668. The van der Waals surface area contributed by atoms with Crippen molar-refractivity contribution in [1.82, 2.24) is 14.5 Å². The molecule has 0 bridgehead atoms. The van der Waals surface area contributed by atoms with E-state index in [-0.39, 0.29) is 0 Å². The highest BCUT2D eigenvalue weighted by atomic mass is 16.3. The first kappa shape index (κ1) is 33.7. The Morgan fingerprint density at radius 1 is 0.344 bits per heavy atom. The highest BCUT2D eigenvalue weighted by Gasteiger charge is 2.20. The second-order valence-electron chi connectivity index (χ2n) is 15.7. The van der Waals surface area contributed by atoms with Crippen molar-refractivity contribution in [3.8, 4) is 50.6 Å². The van der Waals surface area contributed by atoms with E-state index in [1.807, 2.05) is 42.5 Å². The molecule has 0 spiro atoms. The average Bonchev–Trinajstić information content (AvgIpc) is 4.01. The van der Waals surface area contributed by atoms with Crippen molar-refractivity contribution >= 4 is 76.6 Å². The lowest BCUT2D eigenvalue weighted by Crippen LogP contribution is -1.96. The van der Waals surface area contributed by atoms with Crippen LogP contribution in [-0.2, 0) is 0 Å². The summed E-state index contributed by atoms with van der Waals surface area (Å²) < 4.78 is 15.2. The van der Waals surface area contributed by atoms with Gasteiger partial charge in [-0.2, -0.15) is 0 Å². The van der Waals surface area contributed by atoms with Gasteiger partial charge in [-0.3, -0.25) is 0 Å². The molecule has 13 aromatic rings. The first-order valence-corrected chi connectivity index (χ1v) is 20.6. The quantitative estimate of drug-likeness (QED) is 0.175. The van der Waals surface area contributed by atoms with E-state index in [0.717, 1.165) is 99.5 Å². The molecular formula is C56H33N3O2. The second kappa shape index (κ2) is 13.1. The largest absolute Gasteiger partial charge is 0.456 e. The summed E-state index contributed by atoms with van der Waals surface area (Å²) in [6, 6.07) is 70.2. The summed E-state index contributed by atoms with van der Waals surface area (Å²) in [7, 11) is 0. The van der Waals surface area contributed by atoms with E-state index in [1.54, 1.807) is 0 Å². The lowest BCUT2D eigenvalue weighted by atomic mass is 9.95. The predicted molar refractivity (Wildman–Crippen MR) is 250 cm³/mol. The summed E-state index contributed by atoms with van der Waals surface area (Å²) in [6.07, 6.45) is 0. The molecule has 9 aromatic carbocycles. The standard InChI is InChI=1S/C56H33N3O2/c1-3-13-34(14-4-1)56-57-46-33-37(25-28-41(46)55(58-56)43-20-12-24-52-54(43)42-18-8-10-22-49(42)60-52)39-19-11-23-51-53(39)45-32-36(27-30-50(45)61-51)35-26-29-48-44(31-35)40-17-7-9-21-47(40)59(48)38-15-5-2-6-16-38/h1-33H. The van der Waals surface area contributed by atoms with Crippen LogP contribution in [0.15, 0.2) is 209 Å².